The van der Waals surface area contributed by atoms with Crippen molar-refractivity contribution >= 4 is 42.3 Å². The first-order valence-electron chi connectivity index (χ1n) is 18.2. The molecule has 256 valence electrons. The zero-order valence-electron chi connectivity index (χ0n) is 30.6. The van der Waals surface area contributed by atoms with Gasteiger partial charge in [-0.25, -0.2) is 15.0 Å². The van der Waals surface area contributed by atoms with Crippen LogP contribution in [0.3, 0.4) is 0 Å². The van der Waals surface area contributed by atoms with E-state index < -0.39 is 0 Å². The molecule has 0 saturated heterocycles. The SMILES string of the molecule is Cc1cc(C)cc(-c2ccc(-c3nc(-c4ccc(-c5ccc(C(C)(C)C)cc5)cc4)nc(-c4cccc5c4sc4ccccc45)n3)c3ccccc23)c1. The second-order valence-electron chi connectivity index (χ2n) is 15.1. The molecule has 0 aliphatic carbocycles. The van der Waals surface area contributed by atoms with Crippen molar-refractivity contribution in [1.82, 2.24) is 15.0 Å². The highest BCUT2D eigenvalue weighted by atomic mass is 32.1. The van der Waals surface area contributed by atoms with Crippen molar-refractivity contribution in [2.45, 2.75) is 40.0 Å². The Balaban J connectivity index is 1.22. The number of thiophene rings is 1. The van der Waals surface area contributed by atoms with Gasteiger partial charge in [0, 0.05) is 36.9 Å². The molecule has 0 amide bonds. The molecule has 9 aromatic rings. The molecule has 0 fully saturated rings. The van der Waals surface area contributed by atoms with Crippen LogP contribution in [-0.2, 0) is 5.41 Å². The van der Waals surface area contributed by atoms with E-state index in [-0.39, 0.29) is 5.41 Å². The summed E-state index contributed by atoms with van der Waals surface area (Å²) in [6, 6.07) is 52.4. The van der Waals surface area contributed by atoms with Crippen molar-refractivity contribution < 1.29 is 0 Å². The Morgan fingerprint density at radius 1 is 0.415 bits per heavy atom. The summed E-state index contributed by atoms with van der Waals surface area (Å²) in [6.45, 7) is 11.1. The smallest absolute Gasteiger partial charge is 0.165 e. The summed E-state index contributed by atoms with van der Waals surface area (Å²) >= 11 is 1.79. The number of aryl methyl sites for hydroxylation is 2. The third-order valence-electron chi connectivity index (χ3n) is 10.2. The number of benzene rings is 7. The van der Waals surface area contributed by atoms with Crippen LogP contribution in [0.4, 0.5) is 0 Å². The van der Waals surface area contributed by atoms with Gasteiger partial charge in [0.05, 0.1) is 0 Å². The number of hydrogen-bond donors (Lipinski definition) is 0. The largest absolute Gasteiger partial charge is 0.208 e. The van der Waals surface area contributed by atoms with Crippen LogP contribution in [0.15, 0.2) is 146 Å². The summed E-state index contributed by atoms with van der Waals surface area (Å²) in [5.41, 5.74) is 11.7. The lowest BCUT2D eigenvalue weighted by Crippen LogP contribution is -2.10. The van der Waals surface area contributed by atoms with Crippen molar-refractivity contribution in [3.05, 3.63) is 162 Å². The van der Waals surface area contributed by atoms with Gasteiger partial charge in [0.15, 0.2) is 17.5 Å². The average Bonchev–Trinajstić information content (AvgIpc) is 3.56. The third-order valence-corrected chi connectivity index (χ3v) is 11.4. The first-order chi connectivity index (χ1) is 25.7. The van der Waals surface area contributed by atoms with E-state index in [0.717, 1.165) is 27.6 Å². The summed E-state index contributed by atoms with van der Waals surface area (Å²) in [5.74, 6) is 1.99. The molecule has 2 heterocycles. The lowest BCUT2D eigenvalue weighted by atomic mass is 9.86. The Labute approximate surface area is 314 Å². The molecular weight excluding hydrogens is 663 g/mol. The second-order valence-corrected chi connectivity index (χ2v) is 16.1. The molecule has 7 aromatic carbocycles. The van der Waals surface area contributed by atoms with Gasteiger partial charge in [-0.3, -0.25) is 0 Å². The van der Waals surface area contributed by atoms with Crippen LogP contribution >= 0.6 is 11.3 Å². The Kier molecular flexibility index (Phi) is 8.01. The van der Waals surface area contributed by atoms with Crippen molar-refractivity contribution in [1.29, 1.82) is 0 Å². The van der Waals surface area contributed by atoms with E-state index in [2.05, 4.69) is 180 Å². The molecule has 9 rings (SSSR count). The minimum atomic E-state index is 0.113. The molecule has 3 nitrogen and oxygen atoms in total. The molecule has 53 heavy (non-hydrogen) atoms. The number of hydrogen-bond acceptors (Lipinski definition) is 4. The van der Waals surface area contributed by atoms with Gasteiger partial charge in [0.2, 0.25) is 0 Å². The van der Waals surface area contributed by atoms with Gasteiger partial charge >= 0.3 is 0 Å². The maximum absolute atomic E-state index is 5.28. The van der Waals surface area contributed by atoms with Gasteiger partial charge in [0.1, 0.15) is 0 Å². The second kappa shape index (κ2) is 12.9. The van der Waals surface area contributed by atoms with Crippen molar-refractivity contribution in [3.63, 3.8) is 0 Å². The molecule has 0 aliphatic rings. The van der Waals surface area contributed by atoms with E-state index in [1.54, 1.807) is 11.3 Å². The Bertz CT molecular complexity index is 2800. The fraction of sp³-hybridized carbons (Fsp3) is 0.122. The maximum Gasteiger partial charge on any atom is 0.165 e. The van der Waals surface area contributed by atoms with Crippen LogP contribution in [-0.4, -0.2) is 15.0 Å². The summed E-state index contributed by atoms with van der Waals surface area (Å²) in [5, 5.41) is 4.76. The van der Waals surface area contributed by atoms with Crippen LogP contribution < -0.4 is 0 Å². The van der Waals surface area contributed by atoms with Gasteiger partial charge in [-0.2, -0.15) is 0 Å². The van der Waals surface area contributed by atoms with Crippen molar-refractivity contribution in [2.24, 2.45) is 0 Å². The Hall–Kier alpha value is -5.97. The van der Waals surface area contributed by atoms with E-state index >= 15 is 0 Å². The van der Waals surface area contributed by atoms with E-state index in [9.17, 15) is 0 Å². The highest BCUT2D eigenvalue weighted by Crippen LogP contribution is 2.41. The molecule has 0 N–H and O–H groups in total. The fourth-order valence-corrected chi connectivity index (χ4v) is 8.73. The van der Waals surface area contributed by atoms with Gasteiger partial charge in [0.25, 0.3) is 0 Å². The van der Waals surface area contributed by atoms with Crippen LogP contribution in [0.1, 0.15) is 37.5 Å². The molecule has 0 bridgehead atoms. The van der Waals surface area contributed by atoms with Crippen molar-refractivity contribution in [3.8, 4) is 56.4 Å². The molecular formula is C49H39N3S. The van der Waals surface area contributed by atoms with Crippen LogP contribution in [0, 0.1) is 13.8 Å². The number of fused-ring (bicyclic) bond motifs is 4. The van der Waals surface area contributed by atoms with Gasteiger partial charge < -0.3 is 0 Å². The van der Waals surface area contributed by atoms with Crippen molar-refractivity contribution in [2.75, 3.05) is 0 Å². The first kappa shape index (κ1) is 32.9. The molecule has 0 saturated carbocycles. The highest BCUT2D eigenvalue weighted by molar-refractivity contribution is 7.26. The Morgan fingerprint density at radius 3 is 1.62 bits per heavy atom. The summed E-state index contributed by atoms with van der Waals surface area (Å²) in [7, 11) is 0. The van der Waals surface area contributed by atoms with E-state index in [1.165, 1.54) is 58.9 Å². The van der Waals surface area contributed by atoms with E-state index in [4.69, 9.17) is 15.0 Å². The standard InChI is InChI=1S/C49H39N3S/c1-30-27-31(2)29-35(28-30)37-25-26-42(39-12-7-6-11-38(37)39)47-50-46(34-19-17-32(18-20-34)33-21-23-36(24-22-33)49(3,4)5)51-48(52-47)43-15-10-14-41-40-13-8-9-16-44(40)53-45(41)43/h6-29H,1-5H3. The predicted molar refractivity (Wildman–Crippen MR) is 226 cm³/mol. The number of rotatable bonds is 5. The highest BCUT2D eigenvalue weighted by Gasteiger charge is 2.19. The molecule has 0 radical (unpaired) electrons. The van der Waals surface area contributed by atoms with Gasteiger partial charge in [-0.05, 0) is 76.1 Å². The molecule has 0 unspecified atom stereocenters. The number of nitrogens with zero attached hydrogens (tertiary/aromatic N) is 3. The average molecular weight is 702 g/mol. The Morgan fingerprint density at radius 2 is 0.943 bits per heavy atom. The molecule has 4 heteroatoms. The van der Waals surface area contributed by atoms with E-state index in [1.807, 2.05) is 0 Å². The van der Waals surface area contributed by atoms with Crippen LogP contribution in [0.2, 0.25) is 0 Å². The fourth-order valence-electron chi connectivity index (χ4n) is 7.52. The lowest BCUT2D eigenvalue weighted by molar-refractivity contribution is 0.590. The summed E-state index contributed by atoms with van der Waals surface area (Å²) in [4.78, 5) is 15.7. The van der Waals surface area contributed by atoms with Gasteiger partial charge in [-0.1, -0.05) is 159 Å². The lowest BCUT2D eigenvalue weighted by Gasteiger charge is -2.19. The zero-order chi connectivity index (χ0) is 36.3. The van der Waals surface area contributed by atoms with E-state index in [0.29, 0.717) is 17.5 Å². The maximum atomic E-state index is 5.28. The minimum absolute atomic E-state index is 0.113. The molecule has 2 aromatic heterocycles. The molecule has 0 aliphatic heterocycles. The predicted octanol–water partition coefficient (Wildman–Crippen LogP) is 13.6. The topological polar surface area (TPSA) is 38.7 Å². The van der Waals surface area contributed by atoms with Crippen LogP contribution in [0.5, 0.6) is 0 Å². The normalized spacial score (nSPS) is 11.9. The van der Waals surface area contributed by atoms with Crippen LogP contribution in [0.25, 0.3) is 87.4 Å². The molecule has 0 spiro atoms. The third kappa shape index (κ3) is 6.09. The monoisotopic (exact) mass is 701 g/mol. The summed E-state index contributed by atoms with van der Waals surface area (Å²) < 4.78 is 2.43. The quantitative estimate of drug-likeness (QED) is 0.179. The summed E-state index contributed by atoms with van der Waals surface area (Å²) in [6.07, 6.45) is 0. The first-order valence-corrected chi connectivity index (χ1v) is 19.0. The minimum Gasteiger partial charge on any atom is -0.208 e. The molecule has 0 atom stereocenters. The zero-order valence-corrected chi connectivity index (χ0v) is 31.4. The number of aromatic nitrogens is 3. The van der Waals surface area contributed by atoms with Gasteiger partial charge in [-0.15, -0.1) is 11.3 Å².